The van der Waals surface area contributed by atoms with Gasteiger partial charge < -0.3 is 23.7 Å². The summed E-state index contributed by atoms with van der Waals surface area (Å²) >= 11 is 13.7. The van der Waals surface area contributed by atoms with Crippen LogP contribution in [0.15, 0.2) is 67.1 Å². The second kappa shape index (κ2) is 15.8. The maximum atomic E-state index is 15.5. The zero-order valence-corrected chi connectivity index (χ0v) is 36.2. The van der Waals surface area contributed by atoms with Crippen LogP contribution in [-0.2, 0) is 20.0 Å². The molecular weight excluding hydrogens is 779 g/mol. The van der Waals surface area contributed by atoms with Gasteiger partial charge in [-0.25, -0.2) is 9.97 Å². The third kappa shape index (κ3) is 6.98. The Morgan fingerprint density at radius 1 is 0.898 bits per heavy atom. The normalized spacial score (nSPS) is 15.9. The molecule has 1 atom stereocenters. The van der Waals surface area contributed by atoms with Gasteiger partial charge in [-0.2, -0.15) is 5.10 Å². The highest BCUT2D eigenvalue weighted by Gasteiger charge is 2.38. The number of hydrogen-bond acceptors (Lipinski definition) is 6. The van der Waals surface area contributed by atoms with Gasteiger partial charge in [0, 0.05) is 89.5 Å². The van der Waals surface area contributed by atoms with Gasteiger partial charge in [0.15, 0.2) is 5.82 Å². The van der Waals surface area contributed by atoms with Crippen molar-refractivity contribution in [2.24, 2.45) is 7.05 Å². The molecule has 0 unspecified atom stereocenters. The number of likely N-dealkylation sites (tertiary alicyclic amines) is 1. The van der Waals surface area contributed by atoms with E-state index in [0.29, 0.717) is 42.5 Å². The molecule has 4 aromatic heterocycles. The first kappa shape index (κ1) is 39.3. The Balaban J connectivity index is 1.17. The summed E-state index contributed by atoms with van der Waals surface area (Å²) in [7, 11) is 1.96. The Labute approximate surface area is 355 Å². The van der Waals surface area contributed by atoms with Crippen LogP contribution in [0.2, 0.25) is 10.0 Å². The molecule has 3 aromatic carbocycles. The number of aromatic nitrogens is 6. The van der Waals surface area contributed by atoms with E-state index in [0.717, 1.165) is 109 Å². The van der Waals surface area contributed by atoms with Crippen LogP contribution in [-0.4, -0.2) is 72.5 Å². The number of fused-ring (bicyclic) bond motifs is 4. The van der Waals surface area contributed by atoms with Crippen molar-refractivity contribution in [3.05, 3.63) is 111 Å². The molecule has 1 fully saturated rings. The molecule has 7 aromatic rings. The molecule has 2 aliphatic rings. The number of aryl methyl sites for hydroxylation is 5. The number of benzene rings is 3. The standard InChI is InChI=1S/C47H50Cl2N8O2/c1-28-23-34(24-29(2)43(28)49)59-22-9-11-35-36-13-14-38(48)42(41-31(4)52-53(6)32(41)5)44(36)57-30(3)26-56(47(58)45(35)57)40-27-55(21-20-54-18-7-8-19-54)39-15-12-33(25-37(39)40)46-50-16-10-17-51-46/h10,12-17,23-25,27,30H,7-9,11,18-22,26H2,1-6H3/t30-/m1/s1. The van der Waals surface area contributed by atoms with E-state index in [1.54, 1.807) is 12.4 Å². The van der Waals surface area contributed by atoms with Gasteiger partial charge in [-0.3, -0.25) is 9.48 Å². The minimum atomic E-state index is -0.0756. The number of carbonyl (C=O) groups is 1. The van der Waals surface area contributed by atoms with Crippen molar-refractivity contribution in [3.8, 4) is 28.3 Å². The number of amides is 1. The minimum absolute atomic E-state index is 0.0270. The highest BCUT2D eigenvalue weighted by molar-refractivity contribution is 6.35. The summed E-state index contributed by atoms with van der Waals surface area (Å²) in [5.74, 6) is 1.42. The van der Waals surface area contributed by atoms with Crippen LogP contribution >= 0.6 is 23.2 Å². The highest BCUT2D eigenvalue weighted by Crippen LogP contribution is 2.46. The fourth-order valence-electron chi connectivity index (χ4n) is 9.46. The molecule has 0 saturated carbocycles. The fourth-order valence-corrected chi connectivity index (χ4v) is 9.81. The summed E-state index contributed by atoms with van der Waals surface area (Å²) in [6.45, 7) is 15.3. The molecule has 0 N–H and O–H groups in total. The molecule has 0 aliphatic carbocycles. The molecule has 12 heteroatoms. The van der Waals surface area contributed by atoms with E-state index in [1.165, 1.54) is 12.8 Å². The van der Waals surface area contributed by atoms with E-state index in [9.17, 15) is 0 Å². The molecule has 304 valence electrons. The van der Waals surface area contributed by atoms with Crippen LogP contribution in [0.1, 0.15) is 70.8 Å². The summed E-state index contributed by atoms with van der Waals surface area (Å²) in [4.78, 5) is 29.2. The predicted octanol–water partition coefficient (Wildman–Crippen LogP) is 10.3. The number of rotatable bonds is 11. The van der Waals surface area contributed by atoms with Crippen LogP contribution in [0.4, 0.5) is 5.69 Å². The molecule has 10 nitrogen and oxygen atoms in total. The van der Waals surface area contributed by atoms with E-state index in [-0.39, 0.29) is 11.9 Å². The van der Waals surface area contributed by atoms with Gasteiger partial charge in [-0.1, -0.05) is 29.3 Å². The monoisotopic (exact) mass is 828 g/mol. The zero-order chi connectivity index (χ0) is 41.1. The van der Waals surface area contributed by atoms with Crippen molar-refractivity contribution in [3.63, 3.8) is 0 Å². The number of hydrogen-bond donors (Lipinski definition) is 0. The lowest BCUT2D eigenvalue weighted by Crippen LogP contribution is -2.42. The topological polar surface area (TPSA) is 86.2 Å². The van der Waals surface area contributed by atoms with E-state index < -0.39 is 0 Å². The highest BCUT2D eigenvalue weighted by atomic mass is 35.5. The number of halogens is 2. The number of nitrogens with zero attached hydrogens (tertiary/aromatic N) is 8. The van der Waals surface area contributed by atoms with Gasteiger partial charge in [-0.15, -0.1) is 0 Å². The average Bonchev–Trinajstić information content (AvgIpc) is 4.01. The largest absolute Gasteiger partial charge is 0.494 e. The lowest BCUT2D eigenvalue weighted by Gasteiger charge is -2.34. The van der Waals surface area contributed by atoms with Crippen molar-refractivity contribution < 1.29 is 9.53 Å². The number of ether oxygens (including phenoxy) is 1. The molecule has 9 rings (SSSR count). The lowest BCUT2D eigenvalue weighted by molar-refractivity contribution is 0.0957. The first-order chi connectivity index (χ1) is 28.5. The Kier molecular flexibility index (Phi) is 10.5. The maximum Gasteiger partial charge on any atom is 0.275 e. The van der Waals surface area contributed by atoms with Gasteiger partial charge in [0.25, 0.3) is 5.91 Å². The summed E-state index contributed by atoms with van der Waals surface area (Å²) in [5.41, 5.74) is 11.4. The first-order valence-corrected chi connectivity index (χ1v) is 21.5. The van der Waals surface area contributed by atoms with E-state index in [4.69, 9.17) is 33.0 Å². The van der Waals surface area contributed by atoms with Crippen molar-refractivity contribution in [1.82, 2.24) is 33.8 Å². The third-order valence-electron chi connectivity index (χ3n) is 12.4. The Morgan fingerprint density at radius 3 is 2.36 bits per heavy atom. The SMILES string of the molecule is Cc1cc(OCCCc2c3n(c4c(-c5c(C)nn(C)c5C)c(Cl)ccc24)[C@H](C)CN(c2cn(CCN4CCCC4)c4ccc(-c5ncccn5)cc24)C3=O)cc(C)c1Cl. The smallest absolute Gasteiger partial charge is 0.275 e. The van der Waals surface area contributed by atoms with Gasteiger partial charge in [0.2, 0.25) is 0 Å². The van der Waals surface area contributed by atoms with Crippen LogP contribution in [0.3, 0.4) is 0 Å². The van der Waals surface area contributed by atoms with E-state index >= 15 is 4.79 Å². The summed E-state index contributed by atoms with van der Waals surface area (Å²) < 4.78 is 12.8. The molecule has 1 saturated heterocycles. The lowest BCUT2D eigenvalue weighted by atomic mass is 9.98. The number of anilines is 1. The van der Waals surface area contributed by atoms with Crippen molar-refractivity contribution >= 4 is 56.6 Å². The van der Waals surface area contributed by atoms with Crippen molar-refractivity contribution in [2.45, 2.75) is 72.9 Å². The quantitative estimate of drug-likeness (QED) is 0.121. The first-order valence-electron chi connectivity index (χ1n) is 20.7. The molecule has 6 heterocycles. The predicted molar refractivity (Wildman–Crippen MR) is 238 cm³/mol. The summed E-state index contributed by atoms with van der Waals surface area (Å²) in [5, 5.41) is 8.21. The molecule has 0 spiro atoms. The van der Waals surface area contributed by atoms with Crippen LogP contribution in [0.25, 0.3) is 44.3 Å². The van der Waals surface area contributed by atoms with Gasteiger partial charge in [0.05, 0.1) is 34.0 Å². The van der Waals surface area contributed by atoms with Gasteiger partial charge >= 0.3 is 0 Å². The fraction of sp³-hybridized carbons (Fsp3) is 0.362. The van der Waals surface area contributed by atoms with Crippen molar-refractivity contribution in [1.29, 1.82) is 0 Å². The summed E-state index contributed by atoms with van der Waals surface area (Å²) in [6.07, 6.45) is 9.55. The van der Waals surface area contributed by atoms with Crippen LogP contribution < -0.4 is 9.64 Å². The zero-order valence-electron chi connectivity index (χ0n) is 34.6. The second-order valence-electron chi connectivity index (χ2n) is 16.3. The molecule has 0 bridgehead atoms. The second-order valence-corrected chi connectivity index (χ2v) is 17.1. The molecule has 1 amide bonds. The molecular formula is C47H50Cl2N8O2. The minimum Gasteiger partial charge on any atom is -0.494 e. The van der Waals surface area contributed by atoms with Crippen molar-refractivity contribution in [2.75, 3.05) is 37.7 Å². The van der Waals surface area contributed by atoms with Gasteiger partial charge in [0.1, 0.15) is 11.4 Å². The number of carbonyl (C=O) groups excluding carboxylic acids is 1. The average molecular weight is 830 g/mol. The van der Waals surface area contributed by atoms with Crippen LogP contribution in [0, 0.1) is 27.7 Å². The molecule has 2 aliphatic heterocycles. The molecule has 59 heavy (non-hydrogen) atoms. The maximum absolute atomic E-state index is 15.5. The van der Waals surface area contributed by atoms with E-state index in [2.05, 4.69) is 68.3 Å². The Bertz CT molecular complexity index is 2720. The molecule has 0 radical (unpaired) electrons. The van der Waals surface area contributed by atoms with Gasteiger partial charge in [-0.05, 0) is 133 Å². The summed E-state index contributed by atoms with van der Waals surface area (Å²) in [6, 6.07) is 16.2. The van der Waals surface area contributed by atoms with E-state index in [1.807, 2.05) is 61.7 Å². The third-order valence-corrected chi connectivity index (χ3v) is 13.3. The van der Waals surface area contributed by atoms with Crippen LogP contribution in [0.5, 0.6) is 5.75 Å². The Morgan fingerprint density at radius 2 is 1.64 bits per heavy atom. The Hall–Kier alpha value is -5.16.